The minimum atomic E-state index is -0.486. The van der Waals surface area contributed by atoms with Crippen molar-refractivity contribution in [2.75, 3.05) is 7.11 Å². The molecule has 0 spiro atoms. The first-order valence-corrected chi connectivity index (χ1v) is 5.49. The molecule has 0 N–H and O–H groups in total. The van der Waals surface area contributed by atoms with E-state index in [1.807, 2.05) is 33.4 Å². The van der Waals surface area contributed by atoms with Gasteiger partial charge in [0.05, 0.1) is 26.9 Å². The van der Waals surface area contributed by atoms with Gasteiger partial charge >= 0.3 is 0 Å². The van der Waals surface area contributed by atoms with Crippen molar-refractivity contribution >= 4 is 19.0 Å². The molecule has 1 aromatic heterocycles. The van der Waals surface area contributed by atoms with E-state index in [9.17, 15) is 4.79 Å². The van der Waals surface area contributed by atoms with Gasteiger partial charge in [-0.25, -0.2) is 0 Å². The molecule has 0 aliphatic rings. The molecule has 84 valence electrons. The third-order valence-electron chi connectivity index (χ3n) is 3.36. The van der Waals surface area contributed by atoms with Crippen LogP contribution in [0.5, 0.6) is 0 Å². The molecule has 0 radical (unpaired) electrons. The molecule has 0 amide bonds. The number of carbonyl (C=O) groups is 1. The molecule has 0 fully saturated rings. The summed E-state index contributed by atoms with van der Waals surface area (Å²) in [4.78, 5) is 11.5. The fourth-order valence-electron chi connectivity index (χ4n) is 2.07. The van der Waals surface area contributed by atoms with Crippen molar-refractivity contribution in [2.45, 2.75) is 19.2 Å². The number of hydrogen-bond donors (Lipinski definition) is 0. The molecule has 1 heterocycles. The predicted octanol–water partition coefficient (Wildman–Crippen LogP) is -0.985. The Bertz CT molecular complexity index is 330. The summed E-state index contributed by atoms with van der Waals surface area (Å²) >= 11 is 0. The highest BCUT2D eigenvalue weighted by Gasteiger charge is 2.17. The van der Waals surface area contributed by atoms with Gasteiger partial charge in [-0.15, -0.1) is 0 Å². The number of imidazole rings is 1. The smallest absolute Gasteiger partial charge is 0.273 e. The molecule has 4 nitrogen and oxygen atoms in total. The van der Waals surface area contributed by atoms with Crippen molar-refractivity contribution in [3.05, 3.63) is 12.4 Å². The monoisotopic (exact) mass is 210 g/mol. The highest BCUT2D eigenvalue weighted by Crippen LogP contribution is 2.09. The van der Waals surface area contributed by atoms with Gasteiger partial charge in [0.1, 0.15) is 19.7 Å². The summed E-state index contributed by atoms with van der Waals surface area (Å²) in [7, 11) is 5.01. The lowest BCUT2D eigenvalue weighted by molar-refractivity contribution is -0.653. The van der Waals surface area contributed by atoms with E-state index in [1.54, 1.807) is 0 Å². The number of hydrogen-bond acceptors (Lipinski definition) is 2. The van der Waals surface area contributed by atoms with E-state index >= 15 is 0 Å². The zero-order valence-electron chi connectivity index (χ0n) is 10.2. The highest BCUT2D eigenvalue weighted by atomic mass is 16.5. The summed E-state index contributed by atoms with van der Waals surface area (Å²) in [5, 5.41) is 0. The quantitative estimate of drug-likeness (QED) is 0.363. The Kier molecular flexibility index (Phi) is 3.94. The Balaban J connectivity index is 2.79. The molecule has 5 heteroatoms. The minimum absolute atomic E-state index is 0.0706. The van der Waals surface area contributed by atoms with Crippen LogP contribution in [0.15, 0.2) is 12.4 Å². The van der Waals surface area contributed by atoms with Gasteiger partial charge in [-0.1, -0.05) is 19.2 Å². The number of methoxy groups -OCH3 is 1. The van der Waals surface area contributed by atoms with E-state index in [0.717, 1.165) is 6.42 Å². The second-order valence-electron chi connectivity index (χ2n) is 4.19. The van der Waals surface area contributed by atoms with Crippen molar-refractivity contribution in [2.24, 2.45) is 14.1 Å². The summed E-state index contributed by atoms with van der Waals surface area (Å²) in [5.41, 5.74) is 1.26. The number of aromatic nitrogens is 2. The van der Waals surface area contributed by atoms with Crippen molar-refractivity contribution < 1.29 is 14.1 Å². The van der Waals surface area contributed by atoms with Gasteiger partial charge in [0.2, 0.25) is 0 Å². The number of carbonyl (C=O) groups excluding carboxylic acids is 1. The van der Waals surface area contributed by atoms with Crippen LogP contribution in [0.3, 0.4) is 0 Å². The maximum absolute atomic E-state index is 11.5. The summed E-state index contributed by atoms with van der Waals surface area (Å²) in [6.07, 6.45) is 4.89. The van der Waals surface area contributed by atoms with E-state index in [4.69, 9.17) is 4.74 Å². The molecule has 1 aromatic rings. The van der Waals surface area contributed by atoms with Crippen molar-refractivity contribution in [1.29, 1.82) is 0 Å². The first kappa shape index (κ1) is 11.8. The Morgan fingerprint density at radius 1 is 1.73 bits per heavy atom. The lowest BCUT2D eigenvalue weighted by Crippen LogP contribution is -2.51. The van der Waals surface area contributed by atoms with Crippen LogP contribution in [0.25, 0.3) is 0 Å². The second-order valence-corrected chi connectivity index (χ2v) is 4.19. The summed E-state index contributed by atoms with van der Waals surface area (Å²) in [5.74, 6) is 0.00787. The van der Waals surface area contributed by atoms with Crippen LogP contribution in [0.2, 0.25) is 5.82 Å². The number of rotatable bonds is 4. The lowest BCUT2D eigenvalue weighted by Gasteiger charge is -2.15. The average molecular weight is 210 g/mol. The first-order chi connectivity index (χ1) is 7.10. The number of esters is 1. The fourth-order valence-corrected chi connectivity index (χ4v) is 2.07. The number of nitrogens with zero attached hydrogens (tertiary/aromatic N) is 2. The second kappa shape index (κ2) is 5.00. The first-order valence-electron chi connectivity index (χ1n) is 5.49. The van der Waals surface area contributed by atoms with Gasteiger partial charge in [-0.2, -0.15) is 0 Å². The van der Waals surface area contributed by atoms with Crippen molar-refractivity contribution in [3.8, 4) is 0 Å². The Hall–Kier alpha value is -1.26. The van der Waals surface area contributed by atoms with Crippen LogP contribution < -0.4 is 10.3 Å². The molecule has 15 heavy (non-hydrogen) atoms. The zero-order valence-corrected chi connectivity index (χ0v) is 10.2. The average Bonchev–Trinajstić information content (AvgIpc) is 2.55. The molecule has 0 aliphatic heterocycles. The van der Waals surface area contributed by atoms with E-state index in [2.05, 4.69) is 9.13 Å². The van der Waals surface area contributed by atoms with Gasteiger partial charge in [-0.3, -0.25) is 13.9 Å². The lowest BCUT2D eigenvalue weighted by atomic mass is 9.62. The molecular formula is C10H19BN2O2. The van der Waals surface area contributed by atoms with Gasteiger partial charge in [0, 0.05) is 0 Å². The molecule has 0 saturated heterocycles. The molecule has 1 atom stereocenters. The summed E-state index contributed by atoms with van der Waals surface area (Å²) < 4.78 is 8.98. The van der Waals surface area contributed by atoms with Gasteiger partial charge in [-0.05, 0) is 0 Å². The Morgan fingerprint density at radius 2 is 2.40 bits per heavy atom. The van der Waals surface area contributed by atoms with E-state index in [-0.39, 0.29) is 11.8 Å². The van der Waals surface area contributed by atoms with Crippen LogP contribution in [0, 0.1) is 0 Å². The summed E-state index contributed by atoms with van der Waals surface area (Å²) in [6, 6.07) is 0. The topological polar surface area (TPSA) is 35.1 Å². The third-order valence-corrected chi connectivity index (χ3v) is 3.36. The molecule has 0 aliphatic carbocycles. The van der Waals surface area contributed by atoms with Gasteiger partial charge in [0.25, 0.3) is 5.97 Å². The van der Waals surface area contributed by atoms with Crippen LogP contribution >= 0.6 is 0 Å². The SMILES string of the molecule is CC[C@@H]([BH2-]c1n(C)cc[n+]1C)C(=O)OC. The minimum Gasteiger partial charge on any atom is -0.471 e. The van der Waals surface area contributed by atoms with Crippen molar-refractivity contribution in [3.63, 3.8) is 0 Å². The van der Waals surface area contributed by atoms with Crippen LogP contribution in [-0.4, -0.2) is 24.9 Å². The predicted molar refractivity (Wildman–Crippen MR) is 60.8 cm³/mol. The largest absolute Gasteiger partial charge is 0.471 e. The van der Waals surface area contributed by atoms with Crippen LogP contribution in [0.4, 0.5) is 0 Å². The van der Waals surface area contributed by atoms with Crippen LogP contribution in [-0.2, 0) is 23.6 Å². The zero-order chi connectivity index (χ0) is 11.4. The van der Waals surface area contributed by atoms with Crippen LogP contribution in [0.1, 0.15) is 13.3 Å². The standard InChI is InChI=1S/C10H19BN2O2/c1-5-8(9(14)15-4)11-10-12(2)6-7-13(10)3/h6-8H,5,11H2,1-4H3/t8-/m1/s1. The fraction of sp³-hybridized carbons (Fsp3) is 0.600. The normalized spacial score (nSPS) is 12.5. The Morgan fingerprint density at radius 3 is 2.80 bits per heavy atom. The van der Waals surface area contributed by atoms with E-state index in [0.29, 0.717) is 0 Å². The van der Waals surface area contributed by atoms with Crippen molar-refractivity contribution in [1.82, 2.24) is 4.57 Å². The molecular weight excluding hydrogens is 191 g/mol. The van der Waals surface area contributed by atoms with Gasteiger partial charge in [0.15, 0.2) is 0 Å². The molecule has 0 aromatic carbocycles. The summed E-state index contributed by atoms with van der Waals surface area (Å²) in [6.45, 7) is 2.04. The van der Waals surface area contributed by atoms with Gasteiger partial charge < -0.3 is 4.74 Å². The molecule has 0 saturated carbocycles. The molecule has 0 bridgehead atoms. The highest BCUT2D eigenvalue weighted by molar-refractivity contribution is 6.56. The number of ether oxygens (including phenoxy) is 1. The molecule has 0 unspecified atom stereocenters. The third kappa shape index (κ3) is 2.61. The maximum Gasteiger partial charge on any atom is 0.273 e. The Labute approximate surface area is 91.1 Å². The molecule has 1 rings (SSSR count). The van der Waals surface area contributed by atoms with E-state index < -0.39 is 7.28 Å². The maximum atomic E-state index is 11.5. The number of aryl methyl sites for hydroxylation is 2. The van der Waals surface area contributed by atoms with E-state index in [1.165, 1.54) is 12.8 Å².